The van der Waals surface area contributed by atoms with Crippen molar-refractivity contribution in [3.8, 4) is 0 Å². The number of carbonyl (C=O) groups excluding carboxylic acids is 2. The van der Waals surface area contributed by atoms with E-state index in [-0.39, 0.29) is 25.2 Å². The molecular weight excluding hydrogens is 394 g/mol. The fourth-order valence-electron chi connectivity index (χ4n) is 2.90. The van der Waals surface area contributed by atoms with Crippen LogP contribution in [0.2, 0.25) is 0 Å². The number of rotatable bonds is 18. The zero-order chi connectivity index (χ0) is 21.9. The third kappa shape index (κ3) is 14.7. The Morgan fingerprint density at radius 1 is 0.800 bits per heavy atom. The molecule has 0 aliphatic carbocycles. The first-order valence-electron chi connectivity index (χ1n) is 11.0. The first-order valence-corrected chi connectivity index (χ1v) is 11.0. The quantitative estimate of drug-likeness (QED) is 0.235. The van der Waals surface area contributed by atoms with Crippen LogP contribution in [0.25, 0.3) is 0 Å². The Bertz CT molecular complexity index is 443. The minimum Gasteiger partial charge on any atom is -0.463 e. The Balaban J connectivity index is 1.80. The summed E-state index contributed by atoms with van der Waals surface area (Å²) < 4.78 is 31.6. The molecule has 0 radical (unpaired) electrons. The summed E-state index contributed by atoms with van der Waals surface area (Å²) in [7, 11) is 2.04. The van der Waals surface area contributed by atoms with E-state index in [4.69, 9.17) is 28.4 Å². The highest BCUT2D eigenvalue weighted by atomic mass is 16.6. The van der Waals surface area contributed by atoms with Crippen LogP contribution < -0.4 is 0 Å². The van der Waals surface area contributed by atoms with E-state index < -0.39 is 0 Å². The van der Waals surface area contributed by atoms with E-state index in [0.717, 1.165) is 32.5 Å². The maximum absolute atomic E-state index is 11.8. The van der Waals surface area contributed by atoms with Crippen molar-refractivity contribution in [2.24, 2.45) is 0 Å². The van der Waals surface area contributed by atoms with E-state index in [1.54, 1.807) is 0 Å². The molecule has 0 unspecified atom stereocenters. The Morgan fingerprint density at radius 3 is 1.77 bits per heavy atom. The smallest absolute Gasteiger partial charge is 0.307 e. The summed E-state index contributed by atoms with van der Waals surface area (Å²) in [5, 5.41) is 0. The summed E-state index contributed by atoms with van der Waals surface area (Å²) in [5.74, 6) is -0.395. The van der Waals surface area contributed by atoms with Gasteiger partial charge < -0.3 is 33.3 Å². The van der Waals surface area contributed by atoms with Gasteiger partial charge in [-0.25, -0.2) is 0 Å². The van der Waals surface area contributed by atoms with Gasteiger partial charge in [0.15, 0.2) is 0 Å². The zero-order valence-electron chi connectivity index (χ0n) is 18.6. The van der Waals surface area contributed by atoms with Crippen LogP contribution in [0.1, 0.15) is 39.0 Å². The minimum atomic E-state index is -0.203. The van der Waals surface area contributed by atoms with E-state index in [9.17, 15) is 9.59 Å². The van der Waals surface area contributed by atoms with Crippen molar-refractivity contribution in [3.05, 3.63) is 0 Å². The second kappa shape index (κ2) is 18.5. The molecule has 0 aromatic heterocycles. The lowest BCUT2D eigenvalue weighted by atomic mass is 10.1. The molecule has 0 aromatic carbocycles. The number of hydrogen-bond acceptors (Lipinski definition) is 9. The average Bonchev–Trinajstić information content (AvgIpc) is 2.76. The molecule has 1 saturated heterocycles. The van der Waals surface area contributed by atoms with Crippen LogP contribution in [0.3, 0.4) is 0 Å². The minimum absolute atomic E-state index is 0.192. The highest BCUT2D eigenvalue weighted by Crippen LogP contribution is 2.12. The fraction of sp³-hybridized carbons (Fsp3) is 0.905. The Morgan fingerprint density at radius 2 is 1.27 bits per heavy atom. The van der Waals surface area contributed by atoms with E-state index in [0.29, 0.717) is 65.1 Å². The highest BCUT2D eigenvalue weighted by Gasteiger charge is 2.18. The molecule has 9 nitrogen and oxygen atoms in total. The zero-order valence-corrected chi connectivity index (χ0v) is 18.6. The number of nitrogens with zero attached hydrogens (tertiary/aromatic N) is 1. The monoisotopic (exact) mass is 433 g/mol. The molecule has 0 bridgehead atoms. The molecule has 9 heteroatoms. The van der Waals surface area contributed by atoms with Crippen molar-refractivity contribution in [3.63, 3.8) is 0 Å². The molecular formula is C21H39NO8. The van der Waals surface area contributed by atoms with Gasteiger partial charge in [-0.05, 0) is 26.3 Å². The van der Waals surface area contributed by atoms with Gasteiger partial charge in [0.1, 0.15) is 13.2 Å². The maximum Gasteiger partial charge on any atom is 0.307 e. The summed E-state index contributed by atoms with van der Waals surface area (Å²) in [5.41, 5.74) is 0. The topological polar surface area (TPSA) is 92.8 Å². The number of ether oxygens (including phenoxy) is 6. The molecule has 1 rings (SSSR count). The number of carbonyl (C=O) groups is 2. The van der Waals surface area contributed by atoms with Crippen molar-refractivity contribution in [2.45, 2.75) is 45.1 Å². The Labute approximate surface area is 180 Å². The third-order valence-corrected chi connectivity index (χ3v) is 4.66. The maximum atomic E-state index is 11.8. The van der Waals surface area contributed by atoms with Gasteiger partial charge in [0.25, 0.3) is 0 Å². The largest absolute Gasteiger partial charge is 0.463 e. The second-order valence-electron chi connectivity index (χ2n) is 7.10. The molecule has 0 N–H and O–H groups in total. The highest BCUT2D eigenvalue weighted by molar-refractivity contribution is 5.69. The Kier molecular flexibility index (Phi) is 16.5. The van der Waals surface area contributed by atoms with E-state index in [1.165, 1.54) is 0 Å². The standard InChI is InChI=1S/C21H39NO8/c1-3-4-20(23)29-17-15-27-13-11-26-12-14-28-16-18-30-21(24)5-8-22(2)19-6-9-25-10-7-19/h19H,3-18H2,1-2H3. The van der Waals surface area contributed by atoms with Crippen LogP contribution in [0, 0.1) is 0 Å². The first-order chi connectivity index (χ1) is 14.6. The molecule has 1 fully saturated rings. The summed E-state index contributed by atoms with van der Waals surface area (Å²) in [6.07, 6.45) is 3.64. The average molecular weight is 434 g/mol. The summed E-state index contributed by atoms with van der Waals surface area (Å²) >= 11 is 0. The normalized spacial score (nSPS) is 14.8. The molecule has 176 valence electrons. The fourth-order valence-corrected chi connectivity index (χ4v) is 2.90. The predicted molar refractivity (Wildman–Crippen MR) is 110 cm³/mol. The number of esters is 2. The summed E-state index contributed by atoms with van der Waals surface area (Å²) in [6, 6.07) is 0.489. The lowest BCUT2D eigenvalue weighted by Gasteiger charge is -2.30. The summed E-state index contributed by atoms with van der Waals surface area (Å²) in [4.78, 5) is 25.1. The van der Waals surface area contributed by atoms with Crippen LogP contribution in [0.15, 0.2) is 0 Å². The van der Waals surface area contributed by atoms with E-state index >= 15 is 0 Å². The van der Waals surface area contributed by atoms with Gasteiger partial charge in [-0.1, -0.05) is 6.92 Å². The van der Waals surface area contributed by atoms with Gasteiger partial charge >= 0.3 is 11.9 Å². The molecule has 0 amide bonds. The van der Waals surface area contributed by atoms with Crippen LogP contribution in [-0.2, 0) is 38.0 Å². The van der Waals surface area contributed by atoms with Crippen molar-refractivity contribution in [1.82, 2.24) is 4.90 Å². The van der Waals surface area contributed by atoms with Crippen molar-refractivity contribution in [2.75, 3.05) is 79.7 Å². The lowest BCUT2D eigenvalue weighted by Crippen LogP contribution is -2.37. The molecule has 1 heterocycles. The third-order valence-electron chi connectivity index (χ3n) is 4.66. The van der Waals surface area contributed by atoms with E-state index in [2.05, 4.69) is 4.90 Å². The summed E-state index contributed by atoms with van der Waals surface area (Å²) in [6.45, 7) is 7.21. The van der Waals surface area contributed by atoms with Crippen molar-refractivity contribution < 1.29 is 38.0 Å². The second-order valence-corrected chi connectivity index (χ2v) is 7.10. The van der Waals surface area contributed by atoms with Gasteiger partial charge in [-0.3, -0.25) is 9.59 Å². The van der Waals surface area contributed by atoms with Gasteiger partial charge in [0, 0.05) is 32.2 Å². The molecule has 1 aliphatic heterocycles. The van der Waals surface area contributed by atoms with Crippen LogP contribution in [0.4, 0.5) is 0 Å². The van der Waals surface area contributed by atoms with Crippen LogP contribution in [0.5, 0.6) is 0 Å². The van der Waals surface area contributed by atoms with Crippen molar-refractivity contribution >= 4 is 11.9 Å². The molecule has 1 aliphatic rings. The Hall–Kier alpha value is -1.26. The van der Waals surface area contributed by atoms with Gasteiger partial charge in [-0.15, -0.1) is 0 Å². The molecule has 0 spiro atoms. The van der Waals surface area contributed by atoms with Gasteiger partial charge in [0.05, 0.1) is 46.1 Å². The van der Waals surface area contributed by atoms with Gasteiger partial charge in [-0.2, -0.15) is 0 Å². The van der Waals surface area contributed by atoms with Gasteiger partial charge in [0.2, 0.25) is 0 Å². The number of hydrogen-bond donors (Lipinski definition) is 0. The van der Waals surface area contributed by atoms with E-state index in [1.807, 2.05) is 14.0 Å². The molecule has 0 atom stereocenters. The predicted octanol–water partition coefficient (Wildman–Crippen LogP) is 1.42. The molecule has 0 saturated carbocycles. The SMILES string of the molecule is CCCC(=O)OCCOCCOCCOCCOC(=O)CCN(C)C1CCOCC1. The molecule has 30 heavy (non-hydrogen) atoms. The van der Waals surface area contributed by atoms with Crippen LogP contribution in [-0.4, -0.2) is 103 Å². The van der Waals surface area contributed by atoms with Crippen LogP contribution >= 0.6 is 0 Å². The van der Waals surface area contributed by atoms with Crippen molar-refractivity contribution in [1.29, 1.82) is 0 Å². The molecule has 0 aromatic rings. The lowest BCUT2D eigenvalue weighted by molar-refractivity contribution is -0.146. The first kappa shape index (κ1) is 26.8.